The Morgan fingerprint density at radius 2 is 1.48 bits per heavy atom. The smallest absolute Gasteiger partial charge is 0.261 e. The monoisotopic (exact) mass is 420 g/mol. The van der Waals surface area contributed by atoms with Crippen LogP contribution in [0.15, 0.2) is 60.8 Å². The Labute approximate surface area is 183 Å². The molecule has 0 atom stereocenters. The van der Waals surface area contributed by atoms with Crippen LogP contribution in [0.2, 0.25) is 0 Å². The predicted octanol–water partition coefficient (Wildman–Crippen LogP) is 2.42. The number of hydrogen-bond donors (Lipinski definition) is 0. The van der Waals surface area contributed by atoms with E-state index in [0.29, 0.717) is 33.1 Å². The van der Waals surface area contributed by atoms with Gasteiger partial charge in [0.1, 0.15) is 0 Å². The molecule has 3 aliphatic heterocycles. The molecule has 0 bridgehead atoms. The maximum Gasteiger partial charge on any atom is 0.261 e. The number of carbonyl (C=O) groups excluding carboxylic acids is 1. The van der Waals surface area contributed by atoms with E-state index in [1.165, 1.54) is 0 Å². The highest BCUT2D eigenvalue weighted by Gasteiger charge is 2.34. The van der Waals surface area contributed by atoms with Crippen LogP contribution in [0.1, 0.15) is 5.56 Å². The van der Waals surface area contributed by atoms with Crippen molar-refractivity contribution in [2.75, 3.05) is 69.2 Å². The van der Waals surface area contributed by atoms with Crippen molar-refractivity contribution in [1.29, 1.82) is 0 Å². The van der Waals surface area contributed by atoms with Crippen LogP contribution in [0.5, 0.6) is 0 Å². The van der Waals surface area contributed by atoms with Crippen molar-refractivity contribution in [1.82, 2.24) is 9.91 Å². The second-order valence-electron chi connectivity index (χ2n) is 7.91. The highest BCUT2D eigenvalue weighted by Crippen LogP contribution is 2.37. The quantitative estimate of drug-likeness (QED) is 0.693. The molecule has 0 aliphatic carbocycles. The number of carbonyl (C=O) groups is 1. The Hall–Kier alpha value is -2.71. The fourth-order valence-electron chi connectivity index (χ4n) is 4.31. The van der Waals surface area contributed by atoms with E-state index >= 15 is 0 Å². The van der Waals surface area contributed by atoms with Gasteiger partial charge in [-0.25, -0.2) is 5.01 Å². The number of fused-ring (bicyclic) bond motifs is 1. The third-order valence-corrected chi connectivity index (χ3v) is 5.97. The summed E-state index contributed by atoms with van der Waals surface area (Å²) >= 11 is 0. The van der Waals surface area contributed by atoms with Gasteiger partial charge in [0, 0.05) is 37.9 Å². The topological polar surface area (TPSA) is 48.5 Å². The predicted molar refractivity (Wildman–Crippen MR) is 120 cm³/mol. The molecule has 0 N–H and O–H groups in total. The van der Waals surface area contributed by atoms with E-state index in [9.17, 15) is 4.79 Å². The number of benzene rings is 2. The summed E-state index contributed by atoms with van der Waals surface area (Å²) in [7, 11) is 0. The summed E-state index contributed by atoms with van der Waals surface area (Å²) in [5.74, 6) is 0.0434. The fourth-order valence-corrected chi connectivity index (χ4v) is 4.31. The van der Waals surface area contributed by atoms with Crippen molar-refractivity contribution in [3.63, 3.8) is 0 Å². The number of amides is 1. The highest BCUT2D eigenvalue weighted by molar-refractivity contribution is 6.32. The van der Waals surface area contributed by atoms with E-state index in [1.807, 2.05) is 53.6 Å². The van der Waals surface area contributed by atoms with Crippen LogP contribution >= 0.6 is 0 Å². The zero-order valence-corrected chi connectivity index (χ0v) is 17.7. The van der Waals surface area contributed by atoms with Gasteiger partial charge in [-0.05, 0) is 18.2 Å². The number of ether oxygens (including phenoxy) is 2. The van der Waals surface area contributed by atoms with Gasteiger partial charge in [0.25, 0.3) is 5.91 Å². The van der Waals surface area contributed by atoms with Crippen LogP contribution in [0.4, 0.5) is 11.4 Å². The number of hydrogen-bond acceptors (Lipinski definition) is 6. The van der Waals surface area contributed by atoms with E-state index < -0.39 is 0 Å². The van der Waals surface area contributed by atoms with Gasteiger partial charge in [0.15, 0.2) is 0 Å². The summed E-state index contributed by atoms with van der Waals surface area (Å²) in [6.45, 7) is 6.62. The first kappa shape index (κ1) is 20.2. The van der Waals surface area contributed by atoms with Gasteiger partial charge in [0.2, 0.25) is 0 Å². The molecule has 0 saturated carbocycles. The number of para-hydroxylation sites is 2. The van der Waals surface area contributed by atoms with Gasteiger partial charge in [0.05, 0.1) is 50.0 Å². The summed E-state index contributed by atoms with van der Waals surface area (Å²) in [5, 5.41) is 4.36. The van der Waals surface area contributed by atoms with E-state index in [1.54, 1.807) is 0 Å². The molecular weight excluding hydrogens is 392 g/mol. The lowest BCUT2D eigenvalue weighted by Crippen LogP contribution is -2.47. The van der Waals surface area contributed by atoms with Crippen LogP contribution in [-0.2, 0) is 14.3 Å². The van der Waals surface area contributed by atoms with Crippen molar-refractivity contribution in [2.24, 2.45) is 0 Å². The Morgan fingerprint density at radius 1 is 0.839 bits per heavy atom. The van der Waals surface area contributed by atoms with Crippen LogP contribution in [0.3, 0.4) is 0 Å². The first-order valence-electron chi connectivity index (χ1n) is 10.9. The van der Waals surface area contributed by atoms with Gasteiger partial charge in [-0.2, -0.15) is 0 Å². The zero-order chi connectivity index (χ0) is 21.0. The normalized spacial score (nSPS) is 21.5. The average molecular weight is 421 g/mol. The molecule has 1 amide bonds. The van der Waals surface area contributed by atoms with Gasteiger partial charge >= 0.3 is 0 Å². The SMILES string of the molecule is O=C1C(=CN(c2ccccc2)N2CCOCC2)c2ccccc2N1CN1CCOCC1. The van der Waals surface area contributed by atoms with Crippen LogP contribution < -0.4 is 9.91 Å². The summed E-state index contributed by atoms with van der Waals surface area (Å²) in [6, 6.07) is 18.3. The molecule has 2 aromatic carbocycles. The van der Waals surface area contributed by atoms with Crippen molar-refractivity contribution in [2.45, 2.75) is 0 Å². The second-order valence-corrected chi connectivity index (χ2v) is 7.91. The van der Waals surface area contributed by atoms with Crippen molar-refractivity contribution in [3.05, 3.63) is 66.4 Å². The molecule has 3 aliphatic rings. The second kappa shape index (κ2) is 9.20. The minimum Gasteiger partial charge on any atom is -0.379 e. The fraction of sp³-hybridized carbons (Fsp3) is 0.375. The molecule has 31 heavy (non-hydrogen) atoms. The van der Waals surface area contributed by atoms with Crippen LogP contribution in [0.25, 0.3) is 5.57 Å². The van der Waals surface area contributed by atoms with Gasteiger partial charge < -0.3 is 9.47 Å². The molecule has 0 spiro atoms. The van der Waals surface area contributed by atoms with E-state index in [0.717, 1.165) is 48.7 Å². The van der Waals surface area contributed by atoms with Crippen LogP contribution in [0, 0.1) is 0 Å². The summed E-state index contributed by atoms with van der Waals surface area (Å²) < 4.78 is 11.0. The minimum absolute atomic E-state index is 0.0434. The summed E-state index contributed by atoms with van der Waals surface area (Å²) in [6.07, 6.45) is 2.00. The standard InChI is InChI=1S/C24H28N4O3/c29-24-22(18-28(20-6-2-1-3-7-20)26-12-16-31-17-13-26)21-8-4-5-9-23(21)27(24)19-25-10-14-30-15-11-25/h1-9,18H,10-17,19H2. The molecule has 3 heterocycles. The molecule has 2 saturated heterocycles. The Balaban J connectivity index is 1.50. The highest BCUT2D eigenvalue weighted by atomic mass is 16.5. The summed E-state index contributed by atoms with van der Waals surface area (Å²) in [4.78, 5) is 17.8. The Bertz CT molecular complexity index is 937. The zero-order valence-electron chi connectivity index (χ0n) is 17.7. The lowest BCUT2D eigenvalue weighted by atomic mass is 10.1. The lowest BCUT2D eigenvalue weighted by Gasteiger charge is -2.37. The molecule has 2 aromatic rings. The molecule has 7 nitrogen and oxygen atoms in total. The molecule has 0 unspecified atom stereocenters. The Morgan fingerprint density at radius 3 is 2.23 bits per heavy atom. The average Bonchev–Trinajstić information content (AvgIpc) is 3.10. The number of rotatable bonds is 5. The van der Waals surface area contributed by atoms with E-state index in [4.69, 9.17) is 9.47 Å². The largest absolute Gasteiger partial charge is 0.379 e. The van der Waals surface area contributed by atoms with E-state index in [2.05, 4.69) is 27.1 Å². The van der Waals surface area contributed by atoms with Gasteiger partial charge in [-0.3, -0.25) is 19.6 Å². The Kier molecular flexibility index (Phi) is 5.99. The number of nitrogens with zero attached hydrogens (tertiary/aromatic N) is 4. The van der Waals surface area contributed by atoms with Gasteiger partial charge in [-0.1, -0.05) is 36.4 Å². The first-order valence-corrected chi connectivity index (χ1v) is 10.9. The van der Waals surface area contributed by atoms with Crippen molar-refractivity contribution < 1.29 is 14.3 Å². The van der Waals surface area contributed by atoms with Gasteiger partial charge in [-0.15, -0.1) is 0 Å². The van der Waals surface area contributed by atoms with Crippen molar-refractivity contribution in [3.8, 4) is 0 Å². The number of anilines is 2. The number of morpholine rings is 2. The van der Waals surface area contributed by atoms with Crippen molar-refractivity contribution >= 4 is 22.9 Å². The third kappa shape index (κ3) is 4.22. The maximum absolute atomic E-state index is 13.6. The minimum atomic E-state index is 0.0434. The molecule has 162 valence electrons. The molecule has 0 aromatic heterocycles. The third-order valence-electron chi connectivity index (χ3n) is 5.97. The number of hydrazine groups is 1. The molecule has 7 heteroatoms. The molecular formula is C24H28N4O3. The molecule has 2 fully saturated rings. The van der Waals surface area contributed by atoms with Crippen LogP contribution in [-0.4, -0.2) is 75.1 Å². The lowest BCUT2D eigenvalue weighted by molar-refractivity contribution is -0.113. The molecule has 0 radical (unpaired) electrons. The van der Waals surface area contributed by atoms with E-state index in [-0.39, 0.29) is 5.91 Å². The summed E-state index contributed by atoms with van der Waals surface area (Å²) in [5.41, 5.74) is 3.71. The first-order chi connectivity index (χ1) is 15.3. The molecule has 5 rings (SSSR count). The maximum atomic E-state index is 13.6.